The number of benzene rings is 2. The molecule has 1 saturated heterocycles. The van der Waals surface area contributed by atoms with Gasteiger partial charge in [0.05, 0.1) is 19.4 Å². The summed E-state index contributed by atoms with van der Waals surface area (Å²) in [6, 6.07) is 15.3. The summed E-state index contributed by atoms with van der Waals surface area (Å²) in [6.45, 7) is 5.51. The number of anilines is 1. The first-order valence-corrected chi connectivity index (χ1v) is 11.0. The second-order valence-corrected chi connectivity index (χ2v) is 8.19. The number of ether oxygens (including phenoxy) is 1. The van der Waals surface area contributed by atoms with Crippen molar-refractivity contribution >= 4 is 29.5 Å². The van der Waals surface area contributed by atoms with Crippen molar-refractivity contribution in [1.82, 2.24) is 15.2 Å². The van der Waals surface area contributed by atoms with Crippen molar-refractivity contribution in [2.24, 2.45) is 5.10 Å². The molecule has 2 aliphatic rings. The standard InChI is InChI=1S/C23H28ClN5O2/c1-31-21-8-6-18(7-9-21)22-17-25-29(23(30)26-22)11-3-10-27-12-14-28(15-13-27)20-5-2-4-19(24)16-20/h2,4-9,16-17,22H,3,10-15H2,1H3,(H,26,30). The third-order valence-corrected chi connectivity index (χ3v) is 5.97. The summed E-state index contributed by atoms with van der Waals surface area (Å²) in [6.07, 6.45) is 2.67. The summed E-state index contributed by atoms with van der Waals surface area (Å²) in [5.41, 5.74) is 2.16. The Morgan fingerprint density at radius 3 is 2.55 bits per heavy atom. The molecule has 2 aromatic carbocycles. The Bertz CT molecular complexity index is 912. The average Bonchev–Trinajstić information content (AvgIpc) is 2.80. The highest BCUT2D eigenvalue weighted by Crippen LogP contribution is 2.21. The van der Waals surface area contributed by atoms with E-state index < -0.39 is 0 Å². The molecule has 0 spiro atoms. The molecule has 7 nitrogen and oxygen atoms in total. The highest BCUT2D eigenvalue weighted by atomic mass is 35.5. The molecule has 0 aromatic heterocycles. The van der Waals surface area contributed by atoms with Gasteiger partial charge in [-0.2, -0.15) is 5.10 Å². The summed E-state index contributed by atoms with van der Waals surface area (Å²) in [5, 5.41) is 9.67. The van der Waals surface area contributed by atoms with E-state index in [9.17, 15) is 4.79 Å². The number of piperazine rings is 1. The lowest BCUT2D eigenvalue weighted by atomic mass is 10.1. The number of halogens is 1. The van der Waals surface area contributed by atoms with Gasteiger partial charge >= 0.3 is 6.03 Å². The molecule has 0 aliphatic carbocycles. The van der Waals surface area contributed by atoms with Crippen LogP contribution in [-0.4, -0.2) is 68.5 Å². The van der Waals surface area contributed by atoms with Crippen LogP contribution in [0, 0.1) is 0 Å². The summed E-state index contributed by atoms with van der Waals surface area (Å²) in [7, 11) is 1.63. The molecule has 0 bridgehead atoms. The normalized spacial score (nSPS) is 19.4. The second-order valence-electron chi connectivity index (χ2n) is 7.75. The first-order valence-electron chi connectivity index (χ1n) is 10.6. The Kier molecular flexibility index (Phi) is 6.94. The number of nitrogens with zero attached hydrogens (tertiary/aromatic N) is 4. The van der Waals surface area contributed by atoms with E-state index in [2.05, 4.69) is 26.3 Å². The van der Waals surface area contributed by atoms with Crippen molar-refractivity contribution in [3.63, 3.8) is 0 Å². The SMILES string of the molecule is COc1ccc(C2C=NN(CCCN3CCN(c4cccc(Cl)c4)CC3)C(=O)N2)cc1. The second kappa shape index (κ2) is 10.0. The minimum atomic E-state index is -0.214. The Labute approximate surface area is 188 Å². The Balaban J connectivity index is 1.21. The monoisotopic (exact) mass is 441 g/mol. The summed E-state index contributed by atoms with van der Waals surface area (Å²) < 4.78 is 5.18. The molecule has 4 rings (SSSR count). The Hall–Kier alpha value is -2.77. The molecule has 1 fully saturated rings. The largest absolute Gasteiger partial charge is 0.497 e. The molecule has 164 valence electrons. The smallest absolute Gasteiger partial charge is 0.338 e. The number of carbonyl (C=O) groups excluding carboxylic acids is 1. The lowest BCUT2D eigenvalue weighted by Crippen LogP contribution is -2.47. The van der Waals surface area contributed by atoms with Crippen LogP contribution in [0.2, 0.25) is 5.02 Å². The van der Waals surface area contributed by atoms with Crippen molar-refractivity contribution < 1.29 is 9.53 Å². The van der Waals surface area contributed by atoms with Gasteiger partial charge < -0.3 is 15.0 Å². The summed E-state index contributed by atoms with van der Waals surface area (Å²) in [4.78, 5) is 17.3. The zero-order valence-corrected chi connectivity index (χ0v) is 18.5. The van der Waals surface area contributed by atoms with E-state index in [1.165, 1.54) is 10.7 Å². The molecule has 2 heterocycles. The lowest BCUT2D eigenvalue weighted by Gasteiger charge is -2.36. The van der Waals surface area contributed by atoms with Gasteiger partial charge in [-0.1, -0.05) is 29.8 Å². The van der Waals surface area contributed by atoms with Gasteiger partial charge in [-0.05, 0) is 42.3 Å². The van der Waals surface area contributed by atoms with E-state index in [1.807, 2.05) is 42.5 Å². The van der Waals surface area contributed by atoms with Crippen LogP contribution >= 0.6 is 11.6 Å². The number of hydrazone groups is 1. The number of hydrogen-bond acceptors (Lipinski definition) is 5. The molecule has 2 aromatic rings. The highest BCUT2D eigenvalue weighted by Gasteiger charge is 2.23. The van der Waals surface area contributed by atoms with Crippen LogP contribution in [-0.2, 0) is 0 Å². The van der Waals surface area contributed by atoms with Crippen LogP contribution in [0.15, 0.2) is 53.6 Å². The predicted molar refractivity (Wildman–Crippen MR) is 124 cm³/mol. The number of amides is 2. The van der Waals surface area contributed by atoms with Gasteiger partial charge in [-0.15, -0.1) is 0 Å². The number of methoxy groups -OCH3 is 1. The molecule has 0 radical (unpaired) electrons. The molecular weight excluding hydrogens is 414 g/mol. The van der Waals surface area contributed by atoms with Crippen LogP contribution in [0.25, 0.3) is 0 Å². The minimum Gasteiger partial charge on any atom is -0.497 e. The van der Waals surface area contributed by atoms with E-state index in [4.69, 9.17) is 16.3 Å². The van der Waals surface area contributed by atoms with E-state index in [0.29, 0.717) is 6.54 Å². The third-order valence-electron chi connectivity index (χ3n) is 5.73. The zero-order chi connectivity index (χ0) is 21.6. The van der Waals surface area contributed by atoms with Crippen LogP contribution in [0.3, 0.4) is 0 Å². The van der Waals surface area contributed by atoms with Crippen LogP contribution in [0.1, 0.15) is 18.0 Å². The molecule has 1 unspecified atom stereocenters. The van der Waals surface area contributed by atoms with Gasteiger partial charge in [-0.25, -0.2) is 9.80 Å². The topological polar surface area (TPSA) is 60.4 Å². The first kappa shape index (κ1) is 21.5. The molecular formula is C23H28ClN5O2. The fraction of sp³-hybridized carbons (Fsp3) is 0.391. The Morgan fingerprint density at radius 2 is 1.87 bits per heavy atom. The molecule has 2 aliphatic heterocycles. The molecule has 1 atom stereocenters. The van der Waals surface area contributed by atoms with E-state index in [1.54, 1.807) is 13.3 Å². The third kappa shape index (κ3) is 5.48. The maximum atomic E-state index is 12.5. The fourth-order valence-corrected chi connectivity index (χ4v) is 4.12. The van der Waals surface area contributed by atoms with Crippen molar-refractivity contribution in [2.75, 3.05) is 51.3 Å². The van der Waals surface area contributed by atoms with E-state index in [-0.39, 0.29) is 12.1 Å². The molecule has 0 saturated carbocycles. The van der Waals surface area contributed by atoms with Crippen LogP contribution < -0.4 is 15.0 Å². The van der Waals surface area contributed by atoms with Gasteiger partial charge in [0.25, 0.3) is 0 Å². The fourth-order valence-electron chi connectivity index (χ4n) is 3.93. The predicted octanol–water partition coefficient (Wildman–Crippen LogP) is 3.61. The molecule has 31 heavy (non-hydrogen) atoms. The van der Waals surface area contributed by atoms with Crippen molar-refractivity contribution in [3.05, 3.63) is 59.1 Å². The lowest BCUT2D eigenvalue weighted by molar-refractivity contribution is 0.187. The van der Waals surface area contributed by atoms with Crippen LogP contribution in [0.5, 0.6) is 5.75 Å². The van der Waals surface area contributed by atoms with Gasteiger partial charge in [0.1, 0.15) is 5.75 Å². The van der Waals surface area contributed by atoms with E-state index >= 15 is 0 Å². The van der Waals surface area contributed by atoms with Crippen LogP contribution in [0.4, 0.5) is 10.5 Å². The Morgan fingerprint density at radius 1 is 1.10 bits per heavy atom. The number of nitrogens with one attached hydrogen (secondary N) is 1. The van der Waals surface area contributed by atoms with Gasteiger partial charge in [0.15, 0.2) is 0 Å². The average molecular weight is 442 g/mol. The van der Waals surface area contributed by atoms with Gasteiger partial charge in [-0.3, -0.25) is 4.90 Å². The quantitative estimate of drug-likeness (QED) is 0.713. The van der Waals surface area contributed by atoms with E-state index in [0.717, 1.165) is 55.5 Å². The van der Waals surface area contributed by atoms with Crippen molar-refractivity contribution in [3.8, 4) is 5.75 Å². The maximum absolute atomic E-state index is 12.5. The summed E-state index contributed by atoms with van der Waals surface area (Å²) in [5.74, 6) is 0.790. The molecule has 8 heteroatoms. The molecule has 1 N–H and O–H groups in total. The highest BCUT2D eigenvalue weighted by molar-refractivity contribution is 6.30. The zero-order valence-electron chi connectivity index (χ0n) is 17.7. The van der Waals surface area contributed by atoms with Gasteiger partial charge in [0.2, 0.25) is 0 Å². The number of rotatable bonds is 7. The number of urea groups is 1. The van der Waals surface area contributed by atoms with Gasteiger partial charge in [0, 0.05) is 50.0 Å². The number of carbonyl (C=O) groups is 1. The maximum Gasteiger partial charge on any atom is 0.338 e. The van der Waals surface area contributed by atoms with Crippen molar-refractivity contribution in [2.45, 2.75) is 12.5 Å². The van der Waals surface area contributed by atoms with Crippen molar-refractivity contribution in [1.29, 1.82) is 0 Å². The number of hydrogen-bond donors (Lipinski definition) is 1. The summed E-state index contributed by atoms with van der Waals surface area (Å²) >= 11 is 6.11. The molecule has 2 amide bonds. The first-order chi connectivity index (χ1) is 15.1. The minimum absolute atomic E-state index is 0.158.